The van der Waals surface area contributed by atoms with Crippen LogP contribution in [0.1, 0.15) is 11.1 Å². The van der Waals surface area contributed by atoms with E-state index in [2.05, 4.69) is 5.32 Å². The Hall–Kier alpha value is -2.56. The predicted molar refractivity (Wildman–Crippen MR) is 78.2 cm³/mol. The van der Waals surface area contributed by atoms with Crippen LogP contribution in [-0.2, 0) is 6.61 Å². The van der Waals surface area contributed by atoms with Crippen molar-refractivity contribution in [1.29, 1.82) is 0 Å². The molecule has 0 spiro atoms. The van der Waals surface area contributed by atoms with Gasteiger partial charge in [-0.05, 0) is 42.3 Å². The molecule has 0 aliphatic heterocycles. The standard InChI is InChI=1S/C15H16N2O3/c1-11-4-3-5-13(8-11)20-10-12-6-7-15(17(18)19)14(9-12)16-2/h3-9,16H,10H2,1-2H3. The number of hydrogen-bond acceptors (Lipinski definition) is 4. The van der Waals surface area contributed by atoms with Gasteiger partial charge in [-0.1, -0.05) is 12.1 Å². The van der Waals surface area contributed by atoms with Gasteiger partial charge in [-0.25, -0.2) is 0 Å². The fraction of sp³-hybridized carbons (Fsp3) is 0.200. The van der Waals surface area contributed by atoms with Crippen molar-refractivity contribution in [3.63, 3.8) is 0 Å². The first-order valence-corrected chi connectivity index (χ1v) is 6.24. The summed E-state index contributed by atoms with van der Waals surface area (Å²) in [5, 5.41) is 13.7. The van der Waals surface area contributed by atoms with Crippen molar-refractivity contribution in [2.75, 3.05) is 12.4 Å². The molecule has 2 aromatic carbocycles. The summed E-state index contributed by atoms with van der Waals surface area (Å²) in [6, 6.07) is 12.7. The molecule has 0 aromatic heterocycles. The van der Waals surface area contributed by atoms with E-state index in [4.69, 9.17) is 4.74 Å². The van der Waals surface area contributed by atoms with Crippen LogP contribution in [0.2, 0.25) is 0 Å². The van der Waals surface area contributed by atoms with E-state index in [0.717, 1.165) is 16.9 Å². The first-order chi connectivity index (χ1) is 9.60. The predicted octanol–water partition coefficient (Wildman–Crippen LogP) is 3.52. The van der Waals surface area contributed by atoms with Crippen LogP contribution in [-0.4, -0.2) is 12.0 Å². The summed E-state index contributed by atoms with van der Waals surface area (Å²) in [5.74, 6) is 0.786. The summed E-state index contributed by atoms with van der Waals surface area (Å²) in [6.45, 7) is 2.37. The number of nitro groups is 1. The second-order valence-electron chi connectivity index (χ2n) is 4.46. The van der Waals surface area contributed by atoms with Crippen LogP contribution in [0.4, 0.5) is 11.4 Å². The first-order valence-electron chi connectivity index (χ1n) is 6.24. The van der Waals surface area contributed by atoms with Crippen molar-refractivity contribution in [3.05, 3.63) is 63.7 Å². The van der Waals surface area contributed by atoms with Crippen LogP contribution < -0.4 is 10.1 Å². The third kappa shape index (κ3) is 3.26. The Balaban J connectivity index is 2.12. The number of nitrogens with one attached hydrogen (secondary N) is 1. The molecule has 1 N–H and O–H groups in total. The molecule has 0 radical (unpaired) electrons. The molecule has 0 bridgehead atoms. The van der Waals surface area contributed by atoms with Gasteiger partial charge >= 0.3 is 0 Å². The van der Waals surface area contributed by atoms with Crippen molar-refractivity contribution in [2.45, 2.75) is 13.5 Å². The fourth-order valence-electron chi connectivity index (χ4n) is 1.90. The second kappa shape index (κ2) is 6.06. The Kier molecular flexibility index (Phi) is 4.20. The van der Waals surface area contributed by atoms with Gasteiger partial charge in [-0.3, -0.25) is 10.1 Å². The minimum absolute atomic E-state index is 0.0619. The molecule has 0 unspecified atom stereocenters. The molecule has 0 fully saturated rings. The van der Waals surface area contributed by atoms with Gasteiger partial charge in [-0.15, -0.1) is 0 Å². The molecule has 2 rings (SSSR count). The zero-order valence-electron chi connectivity index (χ0n) is 11.4. The van der Waals surface area contributed by atoms with Crippen molar-refractivity contribution in [3.8, 4) is 5.75 Å². The van der Waals surface area contributed by atoms with E-state index in [1.165, 1.54) is 6.07 Å². The quantitative estimate of drug-likeness (QED) is 0.668. The monoisotopic (exact) mass is 272 g/mol. The maximum atomic E-state index is 10.8. The maximum absolute atomic E-state index is 10.8. The molecule has 0 amide bonds. The molecule has 2 aromatic rings. The van der Waals surface area contributed by atoms with Gasteiger partial charge in [0.25, 0.3) is 5.69 Å². The van der Waals surface area contributed by atoms with E-state index in [0.29, 0.717) is 12.3 Å². The van der Waals surface area contributed by atoms with E-state index in [1.807, 2.05) is 31.2 Å². The zero-order chi connectivity index (χ0) is 14.5. The molecular formula is C15H16N2O3. The summed E-state index contributed by atoms with van der Waals surface area (Å²) in [7, 11) is 1.66. The van der Waals surface area contributed by atoms with Gasteiger partial charge in [-0.2, -0.15) is 0 Å². The van der Waals surface area contributed by atoms with Gasteiger partial charge in [0.2, 0.25) is 0 Å². The van der Waals surface area contributed by atoms with Crippen molar-refractivity contribution in [2.24, 2.45) is 0 Å². The lowest BCUT2D eigenvalue weighted by Crippen LogP contribution is -2.00. The van der Waals surface area contributed by atoms with E-state index >= 15 is 0 Å². The molecule has 5 heteroatoms. The highest BCUT2D eigenvalue weighted by atomic mass is 16.6. The Morgan fingerprint density at radius 2 is 2.05 bits per heavy atom. The smallest absolute Gasteiger partial charge is 0.292 e. The van der Waals surface area contributed by atoms with Crippen LogP contribution in [0.3, 0.4) is 0 Å². The van der Waals surface area contributed by atoms with Gasteiger partial charge in [0.05, 0.1) is 4.92 Å². The molecule has 0 aliphatic rings. The van der Waals surface area contributed by atoms with Crippen LogP contribution in [0, 0.1) is 17.0 Å². The van der Waals surface area contributed by atoms with Crippen molar-refractivity contribution < 1.29 is 9.66 Å². The van der Waals surface area contributed by atoms with Crippen LogP contribution in [0.15, 0.2) is 42.5 Å². The van der Waals surface area contributed by atoms with Crippen LogP contribution in [0.25, 0.3) is 0 Å². The molecule has 0 atom stereocenters. The van der Waals surface area contributed by atoms with E-state index in [-0.39, 0.29) is 5.69 Å². The molecule has 5 nitrogen and oxygen atoms in total. The van der Waals surface area contributed by atoms with Gasteiger partial charge in [0.15, 0.2) is 0 Å². The third-order valence-corrected chi connectivity index (χ3v) is 2.92. The highest BCUT2D eigenvalue weighted by Gasteiger charge is 2.12. The van der Waals surface area contributed by atoms with Gasteiger partial charge < -0.3 is 10.1 Å². The Morgan fingerprint density at radius 1 is 1.25 bits per heavy atom. The summed E-state index contributed by atoms with van der Waals surface area (Å²) >= 11 is 0. The summed E-state index contributed by atoms with van der Waals surface area (Å²) < 4.78 is 5.68. The molecule has 0 saturated carbocycles. The number of nitrogens with zero attached hydrogens (tertiary/aromatic N) is 1. The average molecular weight is 272 g/mol. The normalized spacial score (nSPS) is 10.1. The number of rotatable bonds is 5. The van der Waals surface area contributed by atoms with E-state index in [9.17, 15) is 10.1 Å². The highest BCUT2D eigenvalue weighted by Crippen LogP contribution is 2.25. The van der Waals surface area contributed by atoms with Gasteiger partial charge in [0, 0.05) is 13.1 Å². The average Bonchev–Trinajstić information content (AvgIpc) is 2.44. The SMILES string of the molecule is CNc1cc(COc2cccc(C)c2)ccc1[N+](=O)[O-]. The van der Waals surface area contributed by atoms with Crippen LogP contribution in [0.5, 0.6) is 5.75 Å². The Labute approximate surface area is 117 Å². The number of hydrogen-bond donors (Lipinski definition) is 1. The van der Waals surface area contributed by atoms with E-state index < -0.39 is 4.92 Å². The third-order valence-electron chi connectivity index (χ3n) is 2.92. The van der Waals surface area contributed by atoms with E-state index in [1.54, 1.807) is 19.2 Å². The molecule has 20 heavy (non-hydrogen) atoms. The summed E-state index contributed by atoms with van der Waals surface area (Å²) in [5.41, 5.74) is 2.55. The van der Waals surface area contributed by atoms with Crippen molar-refractivity contribution in [1.82, 2.24) is 0 Å². The van der Waals surface area contributed by atoms with Crippen molar-refractivity contribution >= 4 is 11.4 Å². The second-order valence-corrected chi connectivity index (χ2v) is 4.46. The minimum Gasteiger partial charge on any atom is -0.489 e. The number of benzene rings is 2. The largest absolute Gasteiger partial charge is 0.489 e. The molecular weight excluding hydrogens is 256 g/mol. The molecule has 0 aliphatic carbocycles. The molecule has 0 saturated heterocycles. The van der Waals surface area contributed by atoms with Crippen LogP contribution >= 0.6 is 0 Å². The Bertz CT molecular complexity index is 626. The molecule has 0 heterocycles. The minimum atomic E-state index is -0.406. The fourth-order valence-corrected chi connectivity index (χ4v) is 1.90. The summed E-state index contributed by atoms with van der Waals surface area (Å²) in [6.07, 6.45) is 0. The Morgan fingerprint density at radius 3 is 2.70 bits per heavy atom. The first kappa shape index (κ1) is 13.9. The molecule has 104 valence electrons. The lowest BCUT2D eigenvalue weighted by atomic mass is 10.2. The number of anilines is 1. The maximum Gasteiger partial charge on any atom is 0.292 e. The highest BCUT2D eigenvalue weighted by molar-refractivity contribution is 5.62. The lowest BCUT2D eigenvalue weighted by Gasteiger charge is -2.09. The number of nitro benzene ring substituents is 1. The summed E-state index contributed by atoms with van der Waals surface area (Å²) in [4.78, 5) is 10.4. The zero-order valence-corrected chi connectivity index (χ0v) is 11.4. The lowest BCUT2D eigenvalue weighted by molar-refractivity contribution is -0.384. The topological polar surface area (TPSA) is 64.4 Å². The number of ether oxygens (including phenoxy) is 1. The number of aryl methyl sites for hydroxylation is 1. The van der Waals surface area contributed by atoms with Gasteiger partial charge in [0.1, 0.15) is 18.0 Å².